The first-order valence-corrected chi connectivity index (χ1v) is 18.2. The summed E-state index contributed by atoms with van der Waals surface area (Å²) < 4.78 is 0. The second-order valence-electron chi connectivity index (χ2n) is 13.4. The number of aliphatic imine (C=N–C) groups is 3. The number of aromatic nitrogens is 1. The van der Waals surface area contributed by atoms with Gasteiger partial charge in [-0.2, -0.15) is 0 Å². The predicted molar refractivity (Wildman–Crippen MR) is 202 cm³/mol. The van der Waals surface area contributed by atoms with Gasteiger partial charge in [0.05, 0.1) is 34.2 Å². The lowest BCUT2D eigenvalue weighted by molar-refractivity contribution is 0.539. The van der Waals surface area contributed by atoms with Crippen molar-refractivity contribution >= 4 is 35.0 Å². The molecule has 5 nitrogen and oxygen atoms in total. The number of fused-ring (bicyclic) bond motifs is 5. The molecule has 246 valence electrons. The van der Waals surface area contributed by atoms with Crippen molar-refractivity contribution in [3.8, 4) is 0 Å². The van der Waals surface area contributed by atoms with Crippen LogP contribution in [0, 0.1) is 0 Å². The zero-order valence-electron chi connectivity index (χ0n) is 30.4. The van der Waals surface area contributed by atoms with Gasteiger partial charge in [0.15, 0.2) is 0 Å². The van der Waals surface area contributed by atoms with Gasteiger partial charge in [0.1, 0.15) is 0 Å². The van der Waals surface area contributed by atoms with Crippen molar-refractivity contribution < 1.29 is 0 Å². The van der Waals surface area contributed by atoms with Gasteiger partial charge in [0.2, 0.25) is 0 Å². The Kier molecular flexibility index (Phi) is 9.04. The van der Waals surface area contributed by atoms with Crippen LogP contribution in [0.4, 0.5) is 5.69 Å². The Bertz CT molecular complexity index is 1870. The van der Waals surface area contributed by atoms with Crippen molar-refractivity contribution in [3.63, 3.8) is 0 Å². The highest BCUT2D eigenvalue weighted by molar-refractivity contribution is 6.35. The molecule has 4 aliphatic rings. The van der Waals surface area contributed by atoms with Gasteiger partial charge < -0.3 is 9.88 Å². The average Bonchev–Trinajstić information content (AvgIpc) is 3.81. The molecule has 5 heterocycles. The van der Waals surface area contributed by atoms with Crippen LogP contribution < -0.4 is 0 Å². The number of rotatable bonds is 9. The fourth-order valence-corrected chi connectivity index (χ4v) is 8.65. The third kappa shape index (κ3) is 5.00. The molecule has 2 aromatic rings. The van der Waals surface area contributed by atoms with Crippen molar-refractivity contribution in [3.05, 3.63) is 97.3 Å². The molecule has 0 unspecified atom stereocenters. The van der Waals surface area contributed by atoms with E-state index in [0.717, 1.165) is 96.7 Å². The van der Waals surface area contributed by atoms with Crippen molar-refractivity contribution in [2.24, 2.45) is 15.0 Å². The molecule has 4 aliphatic heterocycles. The number of benzene rings is 1. The number of nitrogens with one attached hydrogen (secondary N) is 1. The maximum atomic E-state index is 5.70. The highest BCUT2D eigenvalue weighted by atomic mass is 15.0. The molecule has 6 rings (SSSR count). The maximum absolute atomic E-state index is 5.70. The second kappa shape index (κ2) is 12.9. The topological polar surface area (TPSA) is 56.1 Å². The number of hydrogen-bond donors (Lipinski definition) is 1. The quantitative estimate of drug-likeness (QED) is 0.295. The van der Waals surface area contributed by atoms with E-state index in [-0.39, 0.29) is 5.41 Å². The SMILES string of the molecule is CCC1=C(CC)C2=NC1=Cc1[nH]c(c(CC)c1CC)C=C1N=C(C(CC)=C1CC)c1cccc3c1N=C(C2=CN(C)C)C3(CC)CC. The number of H-pyrrole nitrogens is 1. The largest absolute Gasteiger partial charge is 0.383 e. The summed E-state index contributed by atoms with van der Waals surface area (Å²) in [5.74, 6) is 0. The molecule has 0 saturated heterocycles. The molecule has 1 aromatic heterocycles. The lowest BCUT2D eigenvalue weighted by atomic mass is 9.69. The van der Waals surface area contributed by atoms with E-state index in [9.17, 15) is 0 Å². The highest BCUT2D eigenvalue weighted by Gasteiger charge is 2.45. The summed E-state index contributed by atoms with van der Waals surface area (Å²) in [5.41, 5.74) is 20.4. The first-order chi connectivity index (χ1) is 22.7. The first-order valence-electron chi connectivity index (χ1n) is 18.2. The van der Waals surface area contributed by atoms with Crippen LogP contribution in [0.25, 0.3) is 12.2 Å². The fraction of sp³-hybridized carbons (Fsp3) is 0.452. The summed E-state index contributed by atoms with van der Waals surface area (Å²) in [4.78, 5) is 22.8. The van der Waals surface area contributed by atoms with Crippen LogP contribution in [0.1, 0.15) is 128 Å². The molecular formula is C42H53N5. The number of para-hydroxylation sites is 1. The Morgan fingerprint density at radius 3 is 1.68 bits per heavy atom. The predicted octanol–water partition coefficient (Wildman–Crippen LogP) is 10.6. The number of aromatic amines is 1. The van der Waals surface area contributed by atoms with Crippen LogP contribution in [-0.2, 0) is 18.3 Å². The van der Waals surface area contributed by atoms with E-state index in [1.807, 2.05) is 0 Å². The molecule has 0 aliphatic carbocycles. The normalized spacial score (nSPS) is 18.9. The second-order valence-corrected chi connectivity index (χ2v) is 13.4. The molecule has 1 N–H and O–H groups in total. The molecule has 0 amide bonds. The molecule has 0 fully saturated rings. The highest BCUT2D eigenvalue weighted by Crippen LogP contribution is 2.51. The van der Waals surface area contributed by atoms with E-state index >= 15 is 0 Å². The van der Waals surface area contributed by atoms with Crippen molar-refractivity contribution in [2.75, 3.05) is 14.1 Å². The smallest absolute Gasteiger partial charge is 0.0778 e. The Morgan fingerprint density at radius 2 is 1.19 bits per heavy atom. The Labute approximate surface area is 282 Å². The number of allylic oxidation sites excluding steroid dienone is 5. The molecule has 5 heteroatoms. The molecule has 0 saturated carbocycles. The van der Waals surface area contributed by atoms with Crippen LogP contribution in [0.5, 0.6) is 0 Å². The fourth-order valence-electron chi connectivity index (χ4n) is 8.65. The van der Waals surface area contributed by atoms with E-state index < -0.39 is 0 Å². The Balaban J connectivity index is 1.79. The maximum Gasteiger partial charge on any atom is 0.0778 e. The third-order valence-corrected chi connectivity index (χ3v) is 10.9. The summed E-state index contributed by atoms with van der Waals surface area (Å²) in [6, 6.07) is 6.81. The zero-order valence-corrected chi connectivity index (χ0v) is 30.4. The molecule has 0 atom stereocenters. The molecule has 0 radical (unpaired) electrons. The van der Waals surface area contributed by atoms with Gasteiger partial charge in [-0.05, 0) is 103 Å². The van der Waals surface area contributed by atoms with E-state index in [4.69, 9.17) is 15.0 Å². The van der Waals surface area contributed by atoms with Crippen LogP contribution in [0.3, 0.4) is 0 Å². The number of nitrogens with zero attached hydrogens (tertiary/aromatic N) is 4. The lowest BCUT2D eigenvalue weighted by Gasteiger charge is -2.32. The van der Waals surface area contributed by atoms with E-state index in [0.29, 0.717) is 0 Å². The van der Waals surface area contributed by atoms with Gasteiger partial charge in [-0.3, -0.25) is 4.99 Å². The van der Waals surface area contributed by atoms with Gasteiger partial charge in [0, 0.05) is 48.2 Å². The Morgan fingerprint density at radius 1 is 0.660 bits per heavy atom. The molecular weight excluding hydrogens is 574 g/mol. The van der Waals surface area contributed by atoms with Gasteiger partial charge in [0.25, 0.3) is 0 Å². The van der Waals surface area contributed by atoms with Crippen LogP contribution in [-0.4, -0.2) is 41.1 Å². The van der Waals surface area contributed by atoms with Crippen molar-refractivity contribution in [1.82, 2.24) is 9.88 Å². The molecule has 1 aromatic carbocycles. The van der Waals surface area contributed by atoms with Gasteiger partial charge >= 0.3 is 0 Å². The average molecular weight is 628 g/mol. The summed E-state index contributed by atoms with van der Waals surface area (Å²) in [6.07, 6.45) is 14.5. The van der Waals surface area contributed by atoms with Crippen molar-refractivity contribution in [1.29, 1.82) is 0 Å². The zero-order chi connectivity index (χ0) is 33.6. The minimum Gasteiger partial charge on any atom is -0.383 e. The van der Waals surface area contributed by atoms with E-state index in [1.54, 1.807) is 0 Å². The molecule has 47 heavy (non-hydrogen) atoms. The number of hydrogen-bond acceptors (Lipinski definition) is 4. The summed E-state index contributed by atoms with van der Waals surface area (Å²) in [7, 11) is 4.24. The monoisotopic (exact) mass is 627 g/mol. The molecule has 0 spiro atoms. The summed E-state index contributed by atoms with van der Waals surface area (Å²) in [5, 5.41) is 0. The summed E-state index contributed by atoms with van der Waals surface area (Å²) in [6.45, 7) is 18.3. The van der Waals surface area contributed by atoms with Crippen LogP contribution in [0.15, 0.2) is 78.6 Å². The van der Waals surface area contributed by atoms with E-state index in [1.165, 1.54) is 50.4 Å². The minimum absolute atomic E-state index is 0.220. The van der Waals surface area contributed by atoms with Gasteiger partial charge in [-0.15, -0.1) is 0 Å². The third-order valence-electron chi connectivity index (χ3n) is 10.9. The minimum atomic E-state index is -0.220. The van der Waals surface area contributed by atoms with Gasteiger partial charge in [-0.25, -0.2) is 9.98 Å². The standard InChI is InChI=1S/C42H53N5/c1-11-25-26(12-2)35-23-37-28(14-4)30(16-6)39(45-37)32(24-47(9)10)41-42(17-7,18-8)33-21-19-20-31(40(33)46-41)38-29(15-5)27(13-3)36(44-38)22-34(25)43-35/h19-24,43H,11-18H2,1-10H3. The van der Waals surface area contributed by atoms with Crippen molar-refractivity contribution in [2.45, 2.75) is 112 Å². The molecule has 8 bridgehead atoms. The lowest BCUT2D eigenvalue weighted by Crippen LogP contribution is -2.36. The Hall–Kier alpha value is -3.99. The van der Waals surface area contributed by atoms with Crippen LogP contribution in [0.2, 0.25) is 0 Å². The van der Waals surface area contributed by atoms with E-state index in [2.05, 4.69) is 116 Å². The first kappa shape index (κ1) is 32.9. The van der Waals surface area contributed by atoms with Crippen LogP contribution >= 0.6 is 0 Å². The van der Waals surface area contributed by atoms with Gasteiger partial charge in [-0.1, -0.05) is 73.6 Å². The summed E-state index contributed by atoms with van der Waals surface area (Å²) >= 11 is 0.